The first kappa shape index (κ1) is 17.9. The van der Waals surface area contributed by atoms with E-state index in [9.17, 15) is 4.79 Å². The lowest BCUT2D eigenvalue weighted by Crippen LogP contribution is -2.53. The van der Waals surface area contributed by atoms with Crippen molar-refractivity contribution in [1.82, 2.24) is 10.3 Å². The molecule has 25 heavy (non-hydrogen) atoms. The maximum atomic E-state index is 12.3. The highest BCUT2D eigenvalue weighted by Crippen LogP contribution is 2.40. The topological polar surface area (TPSA) is 76.4 Å². The van der Waals surface area contributed by atoms with Gasteiger partial charge in [0.15, 0.2) is 11.7 Å². The number of ether oxygens (including phenoxy) is 1. The molecule has 1 aliphatic carbocycles. The van der Waals surface area contributed by atoms with Gasteiger partial charge in [-0.25, -0.2) is 4.98 Å². The lowest BCUT2D eigenvalue weighted by Gasteiger charge is -2.29. The van der Waals surface area contributed by atoms with Gasteiger partial charge in [-0.15, -0.1) is 12.4 Å². The second-order valence-electron chi connectivity index (χ2n) is 6.41. The second-order valence-corrected chi connectivity index (χ2v) is 6.41. The van der Waals surface area contributed by atoms with Crippen molar-refractivity contribution in [2.24, 2.45) is 0 Å². The summed E-state index contributed by atoms with van der Waals surface area (Å²) >= 11 is 0. The van der Waals surface area contributed by atoms with Gasteiger partial charge in [0, 0.05) is 23.7 Å². The van der Waals surface area contributed by atoms with E-state index in [-0.39, 0.29) is 30.5 Å². The molecule has 1 aromatic carbocycles. The zero-order valence-corrected chi connectivity index (χ0v) is 14.8. The van der Waals surface area contributed by atoms with Gasteiger partial charge in [-0.05, 0) is 44.0 Å². The summed E-state index contributed by atoms with van der Waals surface area (Å²) in [6.07, 6.45) is 3.98. The first-order valence-electron chi connectivity index (χ1n) is 8.43. The van der Waals surface area contributed by atoms with Crippen LogP contribution in [0.5, 0.6) is 0 Å². The Kier molecular flexibility index (Phi) is 5.42. The summed E-state index contributed by atoms with van der Waals surface area (Å²) in [5.41, 5.74) is 1.71. The lowest BCUT2D eigenvalue weighted by molar-refractivity contribution is -0.123. The molecule has 2 heterocycles. The number of carbonyl (C=O) groups is 1. The van der Waals surface area contributed by atoms with E-state index in [1.165, 1.54) is 12.8 Å². The largest absolute Gasteiger partial charge is 0.440 e. The number of hydrogen-bond acceptors (Lipinski definition) is 5. The molecule has 4 rings (SSSR count). The van der Waals surface area contributed by atoms with Crippen LogP contribution in [-0.2, 0) is 9.53 Å². The van der Waals surface area contributed by atoms with E-state index >= 15 is 0 Å². The molecule has 2 atom stereocenters. The molecule has 0 bridgehead atoms. The number of oxazole rings is 1. The molecular formula is C18H22ClN3O3. The average molecular weight is 364 g/mol. The third-order valence-electron chi connectivity index (χ3n) is 4.49. The molecule has 0 radical (unpaired) electrons. The van der Waals surface area contributed by atoms with E-state index < -0.39 is 0 Å². The number of aromatic nitrogens is 1. The van der Waals surface area contributed by atoms with Crippen molar-refractivity contribution in [1.29, 1.82) is 0 Å². The fraction of sp³-hybridized carbons (Fsp3) is 0.444. The summed E-state index contributed by atoms with van der Waals surface area (Å²) in [7, 11) is 0. The summed E-state index contributed by atoms with van der Waals surface area (Å²) in [6.45, 7) is 3.23. The molecule has 1 aromatic heterocycles. The van der Waals surface area contributed by atoms with E-state index in [2.05, 4.69) is 15.6 Å². The van der Waals surface area contributed by atoms with Crippen molar-refractivity contribution in [3.8, 4) is 11.3 Å². The number of hydrogen-bond donors (Lipinski definition) is 2. The fourth-order valence-electron chi connectivity index (χ4n) is 2.91. The SMILES string of the molecule is C[C@H]1OCCN[C@@H]1C(=O)Nc1ccc(-c2cnc(C3CC3)o2)cc1.Cl. The zero-order chi connectivity index (χ0) is 16.5. The van der Waals surface area contributed by atoms with Crippen molar-refractivity contribution < 1.29 is 13.9 Å². The van der Waals surface area contributed by atoms with E-state index in [4.69, 9.17) is 9.15 Å². The van der Waals surface area contributed by atoms with Crippen LogP contribution in [0.25, 0.3) is 11.3 Å². The molecule has 1 saturated carbocycles. The second kappa shape index (κ2) is 7.56. The van der Waals surface area contributed by atoms with Crippen LogP contribution in [0.2, 0.25) is 0 Å². The lowest BCUT2D eigenvalue weighted by atomic mass is 10.1. The Morgan fingerprint density at radius 2 is 2.04 bits per heavy atom. The minimum Gasteiger partial charge on any atom is -0.440 e. The number of nitrogens with one attached hydrogen (secondary N) is 2. The highest BCUT2D eigenvalue weighted by Gasteiger charge is 2.29. The summed E-state index contributed by atoms with van der Waals surface area (Å²) in [4.78, 5) is 16.7. The van der Waals surface area contributed by atoms with Crippen LogP contribution in [0, 0.1) is 0 Å². The third kappa shape index (κ3) is 4.03. The van der Waals surface area contributed by atoms with Crippen molar-refractivity contribution in [2.75, 3.05) is 18.5 Å². The molecule has 1 saturated heterocycles. The molecule has 7 heteroatoms. The first-order chi connectivity index (χ1) is 11.7. The van der Waals surface area contributed by atoms with Crippen molar-refractivity contribution in [3.63, 3.8) is 0 Å². The van der Waals surface area contributed by atoms with Crippen LogP contribution in [0.15, 0.2) is 34.9 Å². The van der Waals surface area contributed by atoms with Gasteiger partial charge in [-0.2, -0.15) is 0 Å². The number of nitrogens with zero attached hydrogens (tertiary/aromatic N) is 1. The van der Waals surface area contributed by atoms with E-state index in [0.29, 0.717) is 19.1 Å². The van der Waals surface area contributed by atoms with E-state index in [1.807, 2.05) is 31.2 Å². The number of amides is 1. The van der Waals surface area contributed by atoms with Gasteiger partial charge in [0.1, 0.15) is 6.04 Å². The highest BCUT2D eigenvalue weighted by atomic mass is 35.5. The maximum absolute atomic E-state index is 12.3. The quantitative estimate of drug-likeness (QED) is 0.873. The van der Waals surface area contributed by atoms with Crippen molar-refractivity contribution in [3.05, 3.63) is 36.4 Å². The number of morpholine rings is 1. The molecule has 1 amide bonds. The van der Waals surface area contributed by atoms with Gasteiger partial charge < -0.3 is 19.8 Å². The predicted octanol–water partition coefficient (Wildman–Crippen LogP) is 2.96. The molecule has 2 fully saturated rings. The number of benzene rings is 1. The molecule has 0 unspecified atom stereocenters. The van der Waals surface area contributed by atoms with Crippen molar-refractivity contribution >= 4 is 24.0 Å². The maximum Gasteiger partial charge on any atom is 0.244 e. The standard InChI is InChI=1S/C18H21N3O3.ClH/c1-11-16(19-8-9-23-11)17(22)21-14-6-4-12(5-7-14)15-10-20-18(24-15)13-2-3-13;/h4-7,10-11,13,16,19H,2-3,8-9H2,1H3,(H,21,22);1H/t11-,16+;/m1./s1. The molecule has 2 aromatic rings. The summed E-state index contributed by atoms with van der Waals surface area (Å²) in [5, 5.41) is 6.11. The highest BCUT2D eigenvalue weighted by molar-refractivity contribution is 5.95. The molecule has 1 aliphatic heterocycles. The van der Waals surface area contributed by atoms with E-state index in [1.54, 1.807) is 6.20 Å². The minimum absolute atomic E-state index is 0. The Bertz CT molecular complexity index is 727. The number of halogens is 1. The van der Waals surface area contributed by atoms with Crippen LogP contribution < -0.4 is 10.6 Å². The molecule has 6 nitrogen and oxygen atoms in total. The van der Waals surface area contributed by atoms with Crippen LogP contribution in [0.3, 0.4) is 0 Å². The molecule has 2 N–H and O–H groups in total. The van der Waals surface area contributed by atoms with Gasteiger partial charge in [0.05, 0.1) is 18.9 Å². The number of rotatable bonds is 4. The van der Waals surface area contributed by atoms with Gasteiger partial charge in [-0.3, -0.25) is 4.79 Å². The van der Waals surface area contributed by atoms with Crippen LogP contribution in [0.1, 0.15) is 31.6 Å². The molecular weight excluding hydrogens is 342 g/mol. The number of anilines is 1. The monoisotopic (exact) mass is 363 g/mol. The fourth-order valence-corrected chi connectivity index (χ4v) is 2.91. The van der Waals surface area contributed by atoms with E-state index in [0.717, 1.165) is 22.9 Å². The Morgan fingerprint density at radius 3 is 2.72 bits per heavy atom. The van der Waals surface area contributed by atoms with Gasteiger partial charge in [0.2, 0.25) is 5.91 Å². The normalized spacial score (nSPS) is 22.9. The van der Waals surface area contributed by atoms with Crippen molar-refractivity contribution in [2.45, 2.75) is 37.8 Å². The van der Waals surface area contributed by atoms with Crippen LogP contribution in [0.4, 0.5) is 5.69 Å². The van der Waals surface area contributed by atoms with Crippen LogP contribution >= 0.6 is 12.4 Å². The third-order valence-corrected chi connectivity index (χ3v) is 4.49. The Morgan fingerprint density at radius 1 is 1.28 bits per heavy atom. The summed E-state index contributed by atoms with van der Waals surface area (Å²) < 4.78 is 11.3. The first-order valence-corrected chi connectivity index (χ1v) is 8.43. The minimum atomic E-state index is -0.325. The Labute approximate surface area is 152 Å². The predicted molar refractivity (Wildman–Crippen MR) is 97.0 cm³/mol. The summed E-state index contributed by atoms with van der Waals surface area (Å²) in [5.74, 6) is 2.03. The smallest absolute Gasteiger partial charge is 0.244 e. The Balaban J connectivity index is 0.00000182. The molecule has 0 spiro atoms. The average Bonchev–Trinajstić information content (AvgIpc) is 3.33. The van der Waals surface area contributed by atoms with Gasteiger partial charge in [0.25, 0.3) is 0 Å². The van der Waals surface area contributed by atoms with Crippen LogP contribution in [-0.4, -0.2) is 36.2 Å². The van der Waals surface area contributed by atoms with Gasteiger partial charge >= 0.3 is 0 Å². The number of carbonyl (C=O) groups excluding carboxylic acids is 1. The summed E-state index contributed by atoms with van der Waals surface area (Å²) in [6, 6.07) is 7.29. The molecule has 2 aliphatic rings. The van der Waals surface area contributed by atoms with Gasteiger partial charge in [-0.1, -0.05) is 0 Å². The zero-order valence-electron chi connectivity index (χ0n) is 14.0. The molecule has 134 valence electrons. The Hall–Kier alpha value is -1.89.